The van der Waals surface area contributed by atoms with Gasteiger partial charge in [0.05, 0.1) is 12.8 Å². The largest absolute Gasteiger partial charge is 0.461 e. The molecular weight excluding hydrogens is 240 g/mol. The van der Waals surface area contributed by atoms with Crippen molar-refractivity contribution in [1.29, 1.82) is 0 Å². The molecule has 0 bridgehead atoms. The fraction of sp³-hybridized carbons (Fsp3) is 0.375. The van der Waals surface area contributed by atoms with Crippen molar-refractivity contribution >= 4 is 22.3 Å². The van der Waals surface area contributed by atoms with Gasteiger partial charge in [0.15, 0.2) is 0 Å². The maximum Gasteiger partial charge on any atom is 0.369 e. The first-order valence-corrected chi connectivity index (χ1v) is 5.25. The van der Waals surface area contributed by atoms with E-state index in [0.29, 0.717) is 0 Å². The highest BCUT2D eigenvalue weighted by Gasteiger charge is 2.18. The first-order chi connectivity index (χ1) is 7.61. The highest BCUT2D eigenvalue weighted by Crippen LogP contribution is 2.21. The summed E-state index contributed by atoms with van der Waals surface area (Å²) < 4.78 is 30.4. The quantitative estimate of drug-likeness (QED) is 0.777. The number of aromatic nitrogens is 3. The minimum atomic E-state index is -2.64. The second-order valence-electron chi connectivity index (χ2n) is 2.82. The minimum absolute atomic E-state index is 0.102. The van der Waals surface area contributed by atoms with Gasteiger partial charge >= 0.3 is 5.97 Å². The molecule has 0 saturated carbocycles. The number of hydrogen-bond acceptors (Lipinski definition) is 5. The van der Waals surface area contributed by atoms with Crippen LogP contribution in [-0.2, 0) is 4.74 Å². The number of esters is 1. The zero-order chi connectivity index (χ0) is 11.7. The van der Waals surface area contributed by atoms with Gasteiger partial charge in [-0.2, -0.15) is 0 Å². The molecule has 86 valence electrons. The Bertz CT molecular complexity index is 491. The van der Waals surface area contributed by atoms with E-state index in [-0.39, 0.29) is 22.3 Å². The van der Waals surface area contributed by atoms with Gasteiger partial charge in [0.2, 0.25) is 9.97 Å². The molecule has 2 rings (SSSR count). The van der Waals surface area contributed by atoms with Crippen molar-refractivity contribution in [2.24, 2.45) is 0 Å². The maximum atomic E-state index is 12.3. The van der Waals surface area contributed by atoms with Crippen molar-refractivity contribution < 1.29 is 18.3 Å². The number of hydrogen-bond donors (Lipinski definition) is 0. The molecule has 0 spiro atoms. The molecule has 0 aliphatic rings. The summed E-state index contributed by atoms with van der Waals surface area (Å²) in [5.74, 6) is -0.573. The fourth-order valence-electron chi connectivity index (χ4n) is 1.10. The van der Waals surface area contributed by atoms with E-state index in [0.717, 1.165) is 22.0 Å². The fourth-order valence-corrected chi connectivity index (χ4v) is 1.88. The Balaban J connectivity index is 2.32. The topological polar surface area (TPSA) is 56.5 Å². The van der Waals surface area contributed by atoms with Gasteiger partial charge < -0.3 is 4.74 Å². The summed E-state index contributed by atoms with van der Waals surface area (Å²) in [6.45, 7) is 1.91. The summed E-state index contributed by atoms with van der Waals surface area (Å²) in [5.41, 5.74) is -0.353. The first-order valence-electron chi connectivity index (χ1n) is 4.43. The molecule has 0 aliphatic carbocycles. The zero-order valence-corrected chi connectivity index (χ0v) is 9.00. The number of carbonyl (C=O) groups is 1. The number of alkyl halides is 2. The van der Waals surface area contributed by atoms with Crippen LogP contribution in [0, 0.1) is 0 Å². The molecule has 0 aromatic carbocycles. The molecule has 5 nitrogen and oxygen atoms in total. The lowest BCUT2D eigenvalue weighted by Crippen LogP contribution is -2.04. The van der Waals surface area contributed by atoms with Crippen molar-refractivity contribution in [3.8, 4) is 0 Å². The van der Waals surface area contributed by atoms with E-state index in [2.05, 4.69) is 10.1 Å². The van der Waals surface area contributed by atoms with E-state index >= 15 is 0 Å². The number of imidazole rings is 1. The van der Waals surface area contributed by atoms with Crippen molar-refractivity contribution in [3.05, 3.63) is 16.9 Å². The average molecular weight is 247 g/mol. The smallest absolute Gasteiger partial charge is 0.369 e. The van der Waals surface area contributed by atoms with Gasteiger partial charge in [-0.15, -0.1) is 5.10 Å². The van der Waals surface area contributed by atoms with Crippen LogP contribution in [0.2, 0.25) is 0 Å². The molecule has 0 fully saturated rings. The Morgan fingerprint density at radius 1 is 1.69 bits per heavy atom. The van der Waals surface area contributed by atoms with Crippen molar-refractivity contribution in [3.63, 3.8) is 0 Å². The first kappa shape index (κ1) is 10.9. The number of ether oxygens (including phenoxy) is 1. The van der Waals surface area contributed by atoms with Gasteiger partial charge in [-0.3, -0.25) is 0 Å². The summed E-state index contributed by atoms with van der Waals surface area (Å²) in [6.07, 6.45) is -1.54. The van der Waals surface area contributed by atoms with Gasteiger partial charge in [-0.05, 0) is 6.92 Å². The number of carbonyl (C=O) groups excluding carboxylic acids is 1. The van der Waals surface area contributed by atoms with Crippen LogP contribution >= 0.6 is 11.3 Å². The summed E-state index contributed by atoms with van der Waals surface area (Å²) >= 11 is 0.916. The molecule has 2 aromatic heterocycles. The highest BCUT2D eigenvalue weighted by molar-refractivity contribution is 7.18. The second kappa shape index (κ2) is 4.12. The Labute approximate surface area is 92.7 Å². The number of nitrogens with zero attached hydrogens (tertiary/aromatic N) is 3. The predicted octanol–water partition coefficient (Wildman–Crippen LogP) is 1.91. The third-order valence-corrected chi connectivity index (χ3v) is 2.64. The second-order valence-corrected chi connectivity index (χ2v) is 3.78. The van der Waals surface area contributed by atoms with Crippen molar-refractivity contribution in [1.82, 2.24) is 14.6 Å². The minimum Gasteiger partial charge on any atom is -0.461 e. The van der Waals surface area contributed by atoms with Gasteiger partial charge in [0.25, 0.3) is 6.43 Å². The van der Waals surface area contributed by atoms with Crippen LogP contribution in [-0.4, -0.2) is 27.2 Å². The Kier molecular flexibility index (Phi) is 2.82. The molecule has 0 saturated heterocycles. The third-order valence-electron chi connectivity index (χ3n) is 1.74. The standard InChI is InChI=1S/C8H7F2N3O2S/c1-2-15-7(14)6-12-13-3-4(5(9)10)11-8(13)16-6/h3,5H,2H2,1H3. The van der Waals surface area contributed by atoms with Gasteiger partial charge in [0, 0.05) is 0 Å². The maximum absolute atomic E-state index is 12.3. The van der Waals surface area contributed by atoms with E-state index < -0.39 is 12.4 Å². The van der Waals surface area contributed by atoms with E-state index in [4.69, 9.17) is 4.74 Å². The normalized spacial score (nSPS) is 11.2. The molecule has 16 heavy (non-hydrogen) atoms. The lowest BCUT2D eigenvalue weighted by Gasteiger charge is -1.94. The lowest BCUT2D eigenvalue weighted by molar-refractivity contribution is 0.0524. The Morgan fingerprint density at radius 3 is 3.00 bits per heavy atom. The van der Waals surface area contributed by atoms with Gasteiger partial charge in [0.1, 0.15) is 5.69 Å². The zero-order valence-electron chi connectivity index (χ0n) is 8.18. The SMILES string of the molecule is CCOC(=O)c1nn2cc(C(F)F)nc2s1. The molecule has 0 atom stereocenters. The predicted molar refractivity (Wildman–Crippen MR) is 51.8 cm³/mol. The molecule has 0 amide bonds. The molecule has 2 aromatic rings. The molecule has 0 N–H and O–H groups in total. The number of fused-ring (bicyclic) bond motifs is 1. The molecule has 0 unspecified atom stereocenters. The van der Waals surface area contributed by atoms with E-state index in [1.165, 1.54) is 0 Å². The number of halogens is 2. The van der Waals surface area contributed by atoms with Crippen LogP contribution in [0.15, 0.2) is 6.20 Å². The van der Waals surface area contributed by atoms with Crippen LogP contribution in [0.5, 0.6) is 0 Å². The lowest BCUT2D eigenvalue weighted by atomic mass is 10.5. The van der Waals surface area contributed by atoms with E-state index in [1.54, 1.807) is 6.92 Å². The van der Waals surface area contributed by atoms with Gasteiger partial charge in [-0.25, -0.2) is 23.1 Å². The van der Waals surface area contributed by atoms with E-state index in [9.17, 15) is 13.6 Å². The Hall–Kier alpha value is -1.57. The monoisotopic (exact) mass is 247 g/mol. The Morgan fingerprint density at radius 2 is 2.44 bits per heavy atom. The molecule has 8 heteroatoms. The molecule has 0 aliphatic heterocycles. The van der Waals surface area contributed by atoms with E-state index in [1.807, 2.05) is 0 Å². The van der Waals surface area contributed by atoms with Crippen LogP contribution in [0.4, 0.5) is 8.78 Å². The van der Waals surface area contributed by atoms with Crippen molar-refractivity contribution in [2.45, 2.75) is 13.3 Å². The van der Waals surface area contributed by atoms with Crippen LogP contribution < -0.4 is 0 Å². The average Bonchev–Trinajstić information content (AvgIpc) is 2.73. The summed E-state index contributed by atoms with van der Waals surface area (Å²) in [5, 5.41) is 3.90. The summed E-state index contributed by atoms with van der Waals surface area (Å²) in [4.78, 5) is 15.2. The highest BCUT2D eigenvalue weighted by atomic mass is 32.1. The third kappa shape index (κ3) is 1.87. The van der Waals surface area contributed by atoms with Crippen LogP contribution in [0.3, 0.4) is 0 Å². The van der Waals surface area contributed by atoms with Crippen LogP contribution in [0.1, 0.15) is 28.8 Å². The number of rotatable bonds is 3. The molecule has 0 radical (unpaired) electrons. The summed E-state index contributed by atoms with van der Waals surface area (Å²) in [7, 11) is 0. The van der Waals surface area contributed by atoms with Crippen molar-refractivity contribution in [2.75, 3.05) is 6.61 Å². The summed E-state index contributed by atoms with van der Waals surface area (Å²) in [6, 6.07) is 0. The molecule has 2 heterocycles. The molecular formula is C8H7F2N3O2S. The van der Waals surface area contributed by atoms with Crippen LogP contribution in [0.25, 0.3) is 4.96 Å². The van der Waals surface area contributed by atoms with Gasteiger partial charge in [-0.1, -0.05) is 11.3 Å².